The second-order valence-electron chi connectivity index (χ2n) is 2.89. The van der Waals surface area contributed by atoms with Crippen LogP contribution in [-0.2, 0) is 4.79 Å². The van der Waals surface area contributed by atoms with Crippen molar-refractivity contribution in [1.82, 2.24) is 5.32 Å². The van der Waals surface area contributed by atoms with Crippen LogP contribution in [0.2, 0.25) is 0 Å². The fourth-order valence-corrected chi connectivity index (χ4v) is 1.58. The summed E-state index contributed by atoms with van der Waals surface area (Å²) in [5.74, 6) is 0.345. The molecule has 1 heterocycles. The third-order valence-electron chi connectivity index (χ3n) is 2.34. The van der Waals surface area contributed by atoms with Crippen LogP contribution in [0.1, 0.15) is 6.92 Å². The number of aliphatic hydroxyl groups is 1. The van der Waals surface area contributed by atoms with Crippen LogP contribution in [0.15, 0.2) is 0 Å². The Hall–Kier alpha value is -0.570. The van der Waals surface area contributed by atoms with E-state index in [2.05, 4.69) is 5.32 Å². The van der Waals surface area contributed by atoms with Gasteiger partial charge in [-0.05, 0) is 0 Å². The van der Waals surface area contributed by atoms with Gasteiger partial charge in [-0.15, -0.1) is 0 Å². The lowest BCUT2D eigenvalue weighted by atomic mass is 10.1. The van der Waals surface area contributed by atoms with Crippen molar-refractivity contribution >= 4 is 5.91 Å². The number of rotatable bonds is 0. The molecule has 4 atom stereocenters. The summed E-state index contributed by atoms with van der Waals surface area (Å²) in [6.07, 6.45) is -0.252. The van der Waals surface area contributed by atoms with Gasteiger partial charge in [0.05, 0.1) is 12.1 Å². The number of hydrogen-bond acceptors (Lipinski definition) is 2. The van der Waals surface area contributed by atoms with Gasteiger partial charge in [-0.1, -0.05) is 6.92 Å². The van der Waals surface area contributed by atoms with Crippen molar-refractivity contribution in [3.05, 3.63) is 0 Å². The Morgan fingerprint density at radius 2 is 2.33 bits per heavy atom. The van der Waals surface area contributed by atoms with Crippen molar-refractivity contribution in [1.29, 1.82) is 0 Å². The lowest BCUT2D eigenvalue weighted by Crippen LogP contribution is -2.27. The van der Waals surface area contributed by atoms with Gasteiger partial charge >= 0.3 is 0 Å². The topological polar surface area (TPSA) is 49.3 Å². The standard InChI is InChI=1S/C6H9NO2/c1-2-3-4(5(3)8)7-6(2)9/h2-5,8H,1H3,(H,7,9)/t2-,3?,4-,5?/m0/s1. The molecule has 0 aromatic heterocycles. The second-order valence-corrected chi connectivity index (χ2v) is 2.89. The summed E-state index contributed by atoms with van der Waals surface area (Å²) in [5, 5.41) is 11.7. The highest BCUT2D eigenvalue weighted by molar-refractivity contribution is 5.83. The predicted molar refractivity (Wildman–Crippen MR) is 30.6 cm³/mol. The molecule has 1 aliphatic carbocycles. The van der Waals surface area contributed by atoms with Crippen LogP contribution >= 0.6 is 0 Å². The molecule has 3 heteroatoms. The summed E-state index contributed by atoms with van der Waals surface area (Å²) < 4.78 is 0. The molecular weight excluding hydrogens is 118 g/mol. The number of fused-ring (bicyclic) bond motifs is 1. The largest absolute Gasteiger partial charge is 0.391 e. The second kappa shape index (κ2) is 1.29. The fourth-order valence-electron chi connectivity index (χ4n) is 1.58. The van der Waals surface area contributed by atoms with Gasteiger partial charge in [0.2, 0.25) is 5.91 Å². The third-order valence-corrected chi connectivity index (χ3v) is 2.34. The van der Waals surface area contributed by atoms with Crippen LogP contribution in [-0.4, -0.2) is 23.2 Å². The summed E-state index contributed by atoms with van der Waals surface area (Å²) in [7, 11) is 0. The zero-order valence-corrected chi connectivity index (χ0v) is 5.16. The molecule has 1 amide bonds. The van der Waals surface area contributed by atoms with Crippen LogP contribution in [0.5, 0.6) is 0 Å². The summed E-state index contributed by atoms with van der Waals surface area (Å²) in [5.41, 5.74) is 0. The first-order valence-corrected chi connectivity index (χ1v) is 3.20. The van der Waals surface area contributed by atoms with E-state index in [0.717, 1.165) is 0 Å². The number of hydrogen-bond donors (Lipinski definition) is 2. The van der Waals surface area contributed by atoms with E-state index in [-0.39, 0.29) is 29.9 Å². The van der Waals surface area contributed by atoms with Crippen molar-refractivity contribution in [2.45, 2.75) is 19.1 Å². The van der Waals surface area contributed by atoms with Crippen molar-refractivity contribution in [3.8, 4) is 0 Å². The first-order chi connectivity index (χ1) is 4.22. The molecule has 2 rings (SSSR count). The fraction of sp³-hybridized carbons (Fsp3) is 0.833. The monoisotopic (exact) mass is 127 g/mol. The summed E-state index contributed by atoms with van der Waals surface area (Å²) in [6, 6.07) is 0.0903. The van der Waals surface area contributed by atoms with E-state index in [1.807, 2.05) is 6.92 Å². The van der Waals surface area contributed by atoms with Crippen molar-refractivity contribution in [2.75, 3.05) is 0 Å². The maximum atomic E-state index is 10.7. The highest BCUT2D eigenvalue weighted by Crippen LogP contribution is 2.42. The number of carbonyl (C=O) groups is 1. The highest BCUT2D eigenvalue weighted by atomic mass is 16.3. The molecule has 50 valence electrons. The van der Waals surface area contributed by atoms with Crippen LogP contribution in [0, 0.1) is 11.8 Å². The molecule has 2 aliphatic rings. The lowest BCUT2D eigenvalue weighted by molar-refractivity contribution is -0.123. The molecule has 9 heavy (non-hydrogen) atoms. The molecule has 0 aromatic rings. The molecule has 2 fully saturated rings. The molecule has 1 saturated heterocycles. The van der Waals surface area contributed by atoms with Crippen LogP contribution < -0.4 is 5.32 Å². The number of aliphatic hydroxyl groups excluding tert-OH is 1. The molecule has 2 unspecified atom stereocenters. The minimum atomic E-state index is -0.252. The van der Waals surface area contributed by atoms with E-state index >= 15 is 0 Å². The quantitative estimate of drug-likeness (QED) is 0.443. The molecule has 0 radical (unpaired) electrons. The van der Waals surface area contributed by atoms with E-state index in [9.17, 15) is 4.79 Å². The van der Waals surface area contributed by atoms with Crippen LogP contribution in [0.25, 0.3) is 0 Å². The smallest absolute Gasteiger partial charge is 0.223 e. The normalized spacial score (nSPS) is 54.7. The average molecular weight is 127 g/mol. The predicted octanol–water partition coefficient (Wildman–Crippen LogP) is -0.888. The van der Waals surface area contributed by atoms with Gasteiger partial charge in [0.25, 0.3) is 0 Å². The molecule has 3 nitrogen and oxygen atoms in total. The Kier molecular flexibility index (Phi) is 0.750. The molecule has 1 saturated carbocycles. The van der Waals surface area contributed by atoms with Gasteiger partial charge in [-0.2, -0.15) is 0 Å². The summed E-state index contributed by atoms with van der Waals surface area (Å²) in [6.45, 7) is 1.86. The average Bonchev–Trinajstić information content (AvgIpc) is 2.29. The number of carbonyl (C=O) groups excluding carboxylic acids is 1. The Morgan fingerprint density at radius 3 is 2.67 bits per heavy atom. The Labute approximate surface area is 53.1 Å². The first-order valence-electron chi connectivity index (χ1n) is 3.20. The Morgan fingerprint density at radius 1 is 1.67 bits per heavy atom. The lowest BCUT2D eigenvalue weighted by Gasteiger charge is -2.02. The van der Waals surface area contributed by atoms with Crippen molar-refractivity contribution in [2.24, 2.45) is 11.8 Å². The van der Waals surface area contributed by atoms with E-state index < -0.39 is 0 Å². The van der Waals surface area contributed by atoms with Gasteiger partial charge < -0.3 is 10.4 Å². The maximum Gasteiger partial charge on any atom is 0.223 e. The van der Waals surface area contributed by atoms with Gasteiger partial charge in [0.15, 0.2) is 0 Å². The molecule has 2 N–H and O–H groups in total. The Bertz CT molecular complexity index is 168. The third kappa shape index (κ3) is 0.477. The van der Waals surface area contributed by atoms with Crippen LogP contribution in [0.4, 0.5) is 0 Å². The first kappa shape index (κ1) is 5.23. The van der Waals surface area contributed by atoms with Crippen molar-refractivity contribution < 1.29 is 9.90 Å². The highest BCUT2D eigenvalue weighted by Gasteiger charge is 2.60. The Balaban J connectivity index is 2.16. The number of amides is 1. The number of piperidine rings is 1. The molecular formula is C6H9NO2. The summed E-state index contributed by atoms with van der Waals surface area (Å²) >= 11 is 0. The van der Waals surface area contributed by atoms with Gasteiger partial charge in [-0.25, -0.2) is 0 Å². The SMILES string of the molecule is C[C@@H]1C(=O)N[C@@H]2C(O)C21. The zero-order chi connectivity index (χ0) is 6.59. The maximum absolute atomic E-state index is 10.7. The molecule has 0 bridgehead atoms. The van der Waals surface area contributed by atoms with Gasteiger partial charge in [-0.3, -0.25) is 4.79 Å². The summed E-state index contributed by atoms with van der Waals surface area (Å²) in [4.78, 5) is 10.7. The minimum absolute atomic E-state index is 0.0324. The molecule has 1 aliphatic heterocycles. The minimum Gasteiger partial charge on any atom is -0.391 e. The van der Waals surface area contributed by atoms with E-state index in [4.69, 9.17) is 5.11 Å². The van der Waals surface area contributed by atoms with Gasteiger partial charge in [0, 0.05) is 11.8 Å². The molecule has 0 spiro atoms. The van der Waals surface area contributed by atoms with E-state index in [1.54, 1.807) is 0 Å². The van der Waals surface area contributed by atoms with E-state index in [1.165, 1.54) is 0 Å². The van der Waals surface area contributed by atoms with Gasteiger partial charge in [0.1, 0.15) is 0 Å². The zero-order valence-electron chi connectivity index (χ0n) is 5.16. The molecule has 0 aromatic carbocycles. The van der Waals surface area contributed by atoms with E-state index in [0.29, 0.717) is 0 Å². The van der Waals surface area contributed by atoms with Crippen LogP contribution in [0.3, 0.4) is 0 Å². The number of nitrogens with one attached hydrogen (secondary N) is 1. The van der Waals surface area contributed by atoms with Crippen molar-refractivity contribution in [3.63, 3.8) is 0 Å².